The van der Waals surface area contributed by atoms with Crippen molar-refractivity contribution in [2.24, 2.45) is 0 Å². The van der Waals surface area contributed by atoms with Crippen molar-refractivity contribution in [3.05, 3.63) is 23.2 Å². The Hall–Kier alpha value is -1.73. The molecule has 0 amide bonds. The van der Waals surface area contributed by atoms with E-state index in [-0.39, 0.29) is 11.0 Å². The van der Waals surface area contributed by atoms with Gasteiger partial charge in [-0.05, 0) is 17.7 Å². The number of nitrogens with zero attached hydrogens (tertiary/aromatic N) is 2. The number of methoxy groups -OCH3 is 3. The maximum absolute atomic E-state index is 11.8. The summed E-state index contributed by atoms with van der Waals surface area (Å²) in [6, 6.07) is 1.31. The van der Waals surface area contributed by atoms with E-state index in [1.807, 2.05) is 0 Å². The van der Waals surface area contributed by atoms with Gasteiger partial charge >= 0.3 is 17.5 Å². The van der Waals surface area contributed by atoms with E-state index < -0.39 is 17.5 Å². The smallest absolute Gasteiger partial charge is 0.356 e. The van der Waals surface area contributed by atoms with E-state index in [2.05, 4.69) is 19.4 Å². The molecule has 0 saturated carbocycles. The summed E-state index contributed by atoms with van der Waals surface area (Å²) in [4.78, 5) is 31.1. The first-order chi connectivity index (χ1) is 8.52. The van der Waals surface area contributed by atoms with E-state index in [4.69, 9.17) is 16.3 Å². The SMILES string of the molecule is COC(=O)C(OC)(C(=O)OC)c1ccnc(Cl)n1. The minimum atomic E-state index is -2.12. The molecule has 98 valence electrons. The van der Waals surface area contributed by atoms with Gasteiger partial charge in [-0.25, -0.2) is 19.6 Å². The number of halogens is 1. The lowest BCUT2D eigenvalue weighted by molar-refractivity contribution is -0.186. The van der Waals surface area contributed by atoms with Crippen LogP contribution < -0.4 is 0 Å². The molecule has 7 nitrogen and oxygen atoms in total. The number of hydrogen-bond acceptors (Lipinski definition) is 7. The first-order valence-electron chi connectivity index (χ1n) is 4.74. The van der Waals surface area contributed by atoms with Crippen molar-refractivity contribution in [3.8, 4) is 0 Å². The van der Waals surface area contributed by atoms with Crippen LogP contribution in [0.25, 0.3) is 0 Å². The molecule has 1 heterocycles. The minimum absolute atomic E-state index is 0.0660. The second-order valence-corrected chi connectivity index (χ2v) is 3.42. The molecule has 0 aromatic carbocycles. The Balaban J connectivity index is 3.44. The highest BCUT2D eigenvalue weighted by molar-refractivity contribution is 6.28. The number of carbonyl (C=O) groups is 2. The fraction of sp³-hybridized carbons (Fsp3) is 0.400. The summed E-state index contributed by atoms with van der Waals surface area (Å²) >= 11 is 5.62. The van der Waals surface area contributed by atoms with Gasteiger partial charge < -0.3 is 14.2 Å². The minimum Gasteiger partial charge on any atom is -0.466 e. The van der Waals surface area contributed by atoms with Gasteiger partial charge in [0.2, 0.25) is 5.28 Å². The van der Waals surface area contributed by atoms with Gasteiger partial charge in [0.1, 0.15) is 5.69 Å². The maximum atomic E-state index is 11.8. The fourth-order valence-electron chi connectivity index (χ4n) is 1.38. The molecule has 0 fully saturated rings. The number of rotatable bonds is 4. The zero-order valence-electron chi connectivity index (χ0n) is 9.97. The average molecular weight is 275 g/mol. The van der Waals surface area contributed by atoms with Gasteiger partial charge in [0, 0.05) is 13.3 Å². The number of ether oxygens (including phenoxy) is 3. The van der Waals surface area contributed by atoms with Crippen molar-refractivity contribution < 1.29 is 23.8 Å². The van der Waals surface area contributed by atoms with Crippen molar-refractivity contribution in [1.82, 2.24) is 9.97 Å². The summed E-state index contributed by atoms with van der Waals surface area (Å²) < 4.78 is 14.1. The molecule has 0 spiro atoms. The molecule has 8 heteroatoms. The van der Waals surface area contributed by atoms with Crippen molar-refractivity contribution >= 4 is 23.5 Å². The van der Waals surface area contributed by atoms with E-state index >= 15 is 0 Å². The first kappa shape index (κ1) is 14.3. The Kier molecular flexibility index (Phi) is 4.57. The molecular formula is C10H11ClN2O5. The Morgan fingerprint density at radius 3 is 2.17 bits per heavy atom. The lowest BCUT2D eigenvalue weighted by Crippen LogP contribution is -2.47. The maximum Gasteiger partial charge on any atom is 0.356 e. The monoisotopic (exact) mass is 274 g/mol. The van der Waals surface area contributed by atoms with E-state index in [1.165, 1.54) is 12.3 Å². The van der Waals surface area contributed by atoms with E-state index in [1.54, 1.807) is 0 Å². The topological polar surface area (TPSA) is 87.6 Å². The van der Waals surface area contributed by atoms with Gasteiger partial charge in [-0.2, -0.15) is 0 Å². The second-order valence-electron chi connectivity index (χ2n) is 3.08. The van der Waals surface area contributed by atoms with Gasteiger partial charge in [-0.1, -0.05) is 0 Å². The molecule has 1 aromatic heterocycles. The Labute approximate surface area is 108 Å². The van der Waals surface area contributed by atoms with Crippen LogP contribution in [-0.4, -0.2) is 43.2 Å². The van der Waals surface area contributed by atoms with E-state index in [0.29, 0.717) is 0 Å². The van der Waals surface area contributed by atoms with Crippen molar-refractivity contribution in [2.75, 3.05) is 21.3 Å². The molecule has 0 atom stereocenters. The highest BCUT2D eigenvalue weighted by atomic mass is 35.5. The summed E-state index contributed by atoms with van der Waals surface area (Å²) in [6.07, 6.45) is 1.28. The highest BCUT2D eigenvalue weighted by Gasteiger charge is 2.52. The molecule has 0 aliphatic heterocycles. The molecule has 0 aliphatic rings. The van der Waals surface area contributed by atoms with Crippen LogP contribution in [0.15, 0.2) is 12.3 Å². The number of carbonyl (C=O) groups excluding carboxylic acids is 2. The van der Waals surface area contributed by atoms with E-state index in [9.17, 15) is 9.59 Å². The molecule has 0 saturated heterocycles. The van der Waals surface area contributed by atoms with Crippen LogP contribution >= 0.6 is 11.6 Å². The third-order valence-corrected chi connectivity index (χ3v) is 2.42. The fourth-order valence-corrected chi connectivity index (χ4v) is 1.53. The predicted octanol–water partition coefficient (Wildman–Crippen LogP) is 0.318. The third-order valence-electron chi connectivity index (χ3n) is 2.24. The van der Waals surface area contributed by atoms with Crippen molar-refractivity contribution in [2.45, 2.75) is 5.60 Å². The molecule has 0 bridgehead atoms. The predicted molar refractivity (Wildman–Crippen MR) is 59.8 cm³/mol. The van der Waals surface area contributed by atoms with Crippen molar-refractivity contribution in [3.63, 3.8) is 0 Å². The summed E-state index contributed by atoms with van der Waals surface area (Å²) in [5.74, 6) is -1.93. The molecule has 0 N–H and O–H groups in total. The summed E-state index contributed by atoms with van der Waals surface area (Å²) in [5.41, 5.74) is -2.18. The lowest BCUT2D eigenvalue weighted by atomic mass is 9.99. The number of aromatic nitrogens is 2. The molecule has 0 unspecified atom stereocenters. The summed E-state index contributed by atoms with van der Waals surface area (Å²) in [5, 5.41) is -0.137. The van der Waals surface area contributed by atoms with Gasteiger partial charge in [0.25, 0.3) is 0 Å². The molecular weight excluding hydrogens is 264 g/mol. The lowest BCUT2D eigenvalue weighted by Gasteiger charge is -2.25. The van der Waals surface area contributed by atoms with Crippen molar-refractivity contribution in [1.29, 1.82) is 0 Å². The van der Waals surface area contributed by atoms with Gasteiger partial charge in [-0.15, -0.1) is 0 Å². The van der Waals surface area contributed by atoms with Crippen LogP contribution in [0.3, 0.4) is 0 Å². The van der Waals surface area contributed by atoms with Crippen LogP contribution in [-0.2, 0) is 29.4 Å². The number of esters is 2. The molecule has 18 heavy (non-hydrogen) atoms. The van der Waals surface area contributed by atoms with Gasteiger partial charge in [0.15, 0.2) is 0 Å². The van der Waals surface area contributed by atoms with Gasteiger partial charge in [0.05, 0.1) is 14.2 Å². The Morgan fingerprint density at radius 1 is 1.22 bits per heavy atom. The molecule has 1 aromatic rings. The third kappa shape index (κ3) is 2.27. The van der Waals surface area contributed by atoms with Crippen LogP contribution in [0.5, 0.6) is 0 Å². The van der Waals surface area contributed by atoms with Gasteiger partial charge in [-0.3, -0.25) is 0 Å². The standard InChI is InChI=1S/C10H11ClN2O5/c1-16-7(14)10(18-3,8(15)17-2)6-4-5-12-9(11)13-6/h4-5H,1-3H3. The van der Waals surface area contributed by atoms with E-state index in [0.717, 1.165) is 21.3 Å². The summed E-state index contributed by atoms with van der Waals surface area (Å²) in [7, 11) is 3.38. The molecule has 1 rings (SSSR count). The first-order valence-corrected chi connectivity index (χ1v) is 5.11. The Morgan fingerprint density at radius 2 is 1.78 bits per heavy atom. The number of hydrogen-bond donors (Lipinski definition) is 0. The molecule has 0 aliphatic carbocycles. The normalized spacial score (nSPS) is 10.9. The zero-order valence-corrected chi connectivity index (χ0v) is 10.7. The average Bonchev–Trinajstić information content (AvgIpc) is 2.39. The van der Waals surface area contributed by atoms with Crippen LogP contribution in [0.1, 0.15) is 5.69 Å². The van der Waals surface area contributed by atoms with Crippen LogP contribution in [0, 0.1) is 0 Å². The van der Waals surface area contributed by atoms with Crippen LogP contribution in [0.2, 0.25) is 5.28 Å². The summed E-state index contributed by atoms with van der Waals surface area (Å²) in [6.45, 7) is 0. The van der Waals surface area contributed by atoms with Crippen LogP contribution in [0.4, 0.5) is 0 Å². The molecule has 0 radical (unpaired) electrons. The second kappa shape index (κ2) is 5.74. The Bertz CT molecular complexity index is 449. The largest absolute Gasteiger partial charge is 0.466 e. The quantitative estimate of drug-likeness (QED) is 0.444. The highest BCUT2D eigenvalue weighted by Crippen LogP contribution is 2.27. The zero-order chi connectivity index (χ0) is 13.8.